The van der Waals surface area contributed by atoms with Gasteiger partial charge >= 0.3 is 0 Å². The summed E-state index contributed by atoms with van der Waals surface area (Å²) in [7, 11) is 1.55. The lowest BCUT2D eigenvalue weighted by Crippen LogP contribution is -2.57. The van der Waals surface area contributed by atoms with Gasteiger partial charge in [0.2, 0.25) is 17.6 Å². The van der Waals surface area contributed by atoms with Gasteiger partial charge in [0, 0.05) is 51.1 Å². The zero-order valence-corrected chi connectivity index (χ0v) is 20.1. The van der Waals surface area contributed by atoms with Crippen molar-refractivity contribution in [3.8, 4) is 5.75 Å². The molecule has 3 amide bonds. The number of aryl methyl sites for hydroxylation is 1. The predicted octanol–water partition coefficient (Wildman–Crippen LogP) is 2.92. The number of phenols is 1. The number of carbonyl (C=O) groups excluding carboxylic acids is 3. The van der Waals surface area contributed by atoms with Crippen LogP contribution in [-0.4, -0.2) is 69.4 Å². The third kappa shape index (κ3) is 4.83. The summed E-state index contributed by atoms with van der Waals surface area (Å²) in [6, 6.07) is 1.76. The molecular formula is C25H32F2N4O4. The van der Waals surface area contributed by atoms with Crippen molar-refractivity contribution in [1.82, 2.24) is 19.7 Å². The van der Waals surface area contributed by atoms with Gasteiger partial charge in [-0.25, -0.2) is 4.39 Å². The number of halogens is 2. The second-order valence-electron chi connectivity index (χ2n) is 9.46. The van der Waals surface area contributed by atoms with Crippen LogP contribution in [0.2, 0.25) is 0 Å². The minimum Gasteiger partial charge on any atom is -0.504 e. The van der Waals surface area contributed by atoms with Crippen molar-refractivity contribution in [2.45, 2.75) is 51.5 Å². The van der Waals surface area contributed by atoms with E-state index < -0.39 is 23.4 Å². The zero-order chi connectivity index (χ0) is 25.3. The molecule has 1 aliphatic heterocycles. The SMILES string of the molecule is CCC(=O)N[C@H](C(=O)N1CCN(C(=O)c2cc3c(O)c(F)c(F)cc3n2C)CC1)C1CCCCC1. The fourth-order valence-corrected chi connectivity index (χ4v) is 5.21. The van der Waals surface area contributed by atoms with Crippen LogP contribution < -0.4 is 5.32 Å². The number of amides is 3. The topological polar surface area (TPSA) is 94.9 Å². The maximum absolute atomic E-state index is 13.8. The van der Waals surface area contributed by atoms with Crippen molar-refractivity contribution in [3.05, 3.63) is 29.5 Å². The Morgan fingerprint density at radius 3 is 2.31 bits per heavy atom. The van der Waals surface area contributed by atoms with Crippen molar-refractivity contribution in [3.63, 3.8) is 0 Å². The van der Waals surface area contributed by atoms with Gasteiger partial charge in [0.05, 0.1) is 5.52 Å². The highest BCUT2D eigenvalue weighted by Crippen LogP contribution is 2.32. The number of benzene rings is 1. The molecule has 0 bridgehead atoms. The Labute approximate surface area is 202 Å². The Morgan fingerprint density at radius 1 is 1.06 bits per heavy atom. The van der Waals surface area contributed by atoms with Crippen LogP contribution in [0, 0.1) is 17.6 Å². The Bertz CT molecular complexity index is 1130. The van der Waals surface area contributed by atoms with E-state index in [1.54, 1.807) is 23.8 Å². The molecule has 2 aromatic rings. The number of fused-ring (bicyclic) bond motifs is 1. The van der Waals surface area contributed by atoms with Crippen molar-refractivity contribution in [1.29, 1.82) is 0 Å². The van der Waals surface area contributed by atoms with Gasteiger partial charge in [-0.3, -0.25) is 14.4 Å². The monoisotopic (exact) mass is 490 g/mol. The molecule has 1 saturated carbocycles. The van der Waals surface area contributed by atoms with E-state index in [9.17, 15) is 28.3 Å². The van der Waals surface area contributed by atoms with Gasteiger partial charge in [0.25, 0.3) is 5.91 Å². The van der Waals surface area contributed by atoms with Crippen LogP contribution in [0.5, 0.6) is 5.75 Å². The maximum Gasteiger partial charge on any atom is 0.270 e. The van der Waals surface area contributed by atoms with Crippen LogP contribution in [0.25, 0.3) is 10.9 Å². The first-order chi connectivity index (χ1) is 16.7. The summed E-state index contributed by atoms with van der Waals surface area (Å²) < 4.78 is 29.0. The highest BCUT2D eigenvalue weighted by molar-refractivity contribution is 6.00. The van der Waals surface area contributed by atoms with E-state index in [0.29, 0.717) is 32.6 Å². The van der Waals surface area contributed by atoms with Gasteiger partial charge in [0.1, 0.15) is 11.7 Å². The zero-order valence-electron chi connectivity index (χ0n) is 20.1. The van der Waals surface area contributed by atoms with E-state index in [1.807, 2.05) is 0 Å². The van der Waals surface area contributed by atoms with Crippen molar-refractivity contribution >= 4 is 28.6 Å². The third-order valence-electron chi connectivity index (χ3n) is 7.34. The number of nitrogens with one attached hydrogen (secondary N) is 1. The molecule has 10 heteroatoms. The molecule has 1 aliphatic carbocycles. The molecule has 190 valence electrons. The van der Waals surface area contributed by atoms with Gasteiger partial charge in [-0.15, -0.1) is 0 Å². The molecule has 1 atom stereocenters. The Kier molecular flexibility index (Phi) is 7.28. The smallest absolute Gasteiger partial charge is 0.270 e. The number of hydrogen-bond acceptors (Lipinski definition) is 4. The molecule has 0 unspecified atom stereocenters. The number of hydrogen-bond donors (Lipinski definition) is 2. The first-order valence-corrected chi connectivity index (χ1v) is 12.3. The summed E-state index contributed by atoms with van der Waals surface area (Å²) in [6.45, 7) is 3.00. The minimum absolute atomic E-state index is 0.0607. The van der Waals surface area contributed by atoms with Crippen LogP contribution in [-0.2, 0) is 16.6 Å². The van der Waals surface area contributed by atoms with E-state index in [2.05, 4.69) is 5.32 Å². The first kappa shape index (κ1) is 24.9. The number of piperazine rings is 1. The van der Waals surface area contributed by atoms with Crippen molar-refractivity contribution < 1.29 is 28.3 Å². The van der Waals surface area contributed by atoms with E-state index in [4.69, 9.17) is 0 Å². The van der Waals surface area contributed by atoms with Crippen LogP contribution in [0.3, 0.4) is 0 Å². The minimum atomic E-state index is -1.35. The van der Waals surface area contributed by atoms with Crippen LogP contribution in [0.15, 0.2) is 12.1 Å². The van der Waals surface area contributed by atoms with Crippen molar-refractivity contribution in [2.75, 3.05) is 26.2 Å². The molecule has 35 heavy (non-hydrogen) atoms. The van der Waals surface area contributed by atoms with Gasteiger partial charge in [-0.05, 0) is 24.8 Å². The Balaban J connectivity index is 1.46. The van der Waals surface area contributed by atoms with E-state index >= 15 is 0 Å². The predicted molar refractivity (Wildman–Crippen MR) is 126 cm³/mol. The molecular weight excluding hydrogens is 458 g/mol. The average Bonchev–Trinajstić information content (AvgIpc) is 3.21. The highest BCUT2D eigenvalue weighted by Gasteiger charge is 2.35. The highest BCUT2D eigenvalue weighted by atomic mass is 19.2. The number of nitrogens with zero attached hydrogens (tertiary/aromatic N) is 3. The molecule has 1 aromatic heterocycles. The lowest BCUT2D eigenvalue weighted by molar-refractivity contribution is -0.139. The number of rotatable bonds is 5. The third-order valence-corrected chi connectivity index (χ3v) is 7.34. The quantitative estimate of drug-likeness (QED) is 0.674. The standard InChI is InChI=1S/C25H32F2N4O4/c1-3-20(32)28-22(15-7-5-4-6-8-15)25(35)31-11-9-30(10-12-31)24(34)19-13-16-18(29(19)2)14-17(26)21(27)23(16)33/h13-15,22,33H,3-12H2,1-2H3,(H,28,32)/t22-/m0/s1. The van der Waals surface area contributed by atoms with Gasteiger partial charge in [-0.1, -0.05) is 26.2 Å². The molecule has 0 radical (unpaired) electrons. The molecule has 2 heterocycles. The van der Waals surface area contributed by atoms with Crippen LogP contribution >= 0.6 is 0 Å². The van der Waals surface area contributed by atoms with Gasteiger partial charge < -0.3 is 24.8 Å². The largest absolute Gasteiger partial charge is 0.504 e. The van der Waals surface area contributed by atoms with E-state index in [-0.39, 0.29) is 40.2 Å². The molecule has 2 N–H and O–H groups in total. The van der Waals surface area contributed by atoms with E-state index in [1.165, 1.54) is 10.6 Å². The van der Waals surface area contributed by atoms with Gasteiger partial charge in [0.15, 0.2) is 11.6 Å². The summed E-state index contributed by atoms with van der Waals surface area (Å²) in [5.74, 6) is -3.84. The number of carbonyl (C=O) groups is 3. The van der Waals surface area contributed by atoms with Crippen LogP contribution in [0.4, 0.5) is 8.78 Å². The maximum atomic E-state index is 13.8. The first-order valence-electron chi connectivity index (χ1n) is 12.3. The number of phenolic OH excluding ortho intramolecular Hbond substituents is 1. The van der Waals surface area contributed by atoms with E-state index in [0.717, 1.165) is 38.2 Å². The van der Waals surface area contributed by atoms with Gasteiger partial charge in [-0.2, -0.15) is 4.39 Å². The molecule has 2 aliphatic rings. The Morgan fingerprint density at radius 2 is 1.69 bits per heavy atom. The Hall–Kier alpha value is -3.17. The summed E-state index contributed by atoms with van der Waals surface area (Å²) in [5, 5.41) is 13.0. The molecule has 1 aromatic carbocycles. The molecule has 4 rings (SSSR count). The average molecular weight is 491 g/mol. The lowest BCUT2D eigenvalue weighted by Gasteiger charge is -2.39. The normalized spacial score (nSPS) is 18.1. The fraction of sp³-hybridized carbons (Fsp3) is 0.560. The second kappa shape index (κ2) is 10.2. The second-order valence-corrected chi connectivity index (χ2v) is 9.46. The van der Waals surface area contributed by atoms with Crippen LogP contribution in [0.1, 0.15) is 55.9 Å². The number of aromatic nitrogens is 1. The summed E-state index contributed by atoms with van der Waals surface area (Å²) in [4.78, 5) is 42.0. The number of aromatic hydroxyl groups is 1. The summed E-state index contributed by atoms with van der Waals surface area (Å²) >= 11 is 0. The molecule has 0 spiro atoms. The molecule has 1 saturated heterocycles. The summed E-state index contributed by atoms with van der Waals surface area (Å²) in [5.41, 5.74) is 0.399. The molecule has 2 fully saturated rings. The molecule has 8 nitrogen and oxygen atoms in total. The fourth-order valence-electron chi connectivity index (χ4n) is 5.21. The summed E-state index contributed by atoms with van der Waals surface area (Å²) in [6.07, 6.45) is 5.38. The van der Waals surface area contributed by atoms with Crippen molar-refractivity contribution in [2.24, 2.45) is 13.0 Å². The lowest BCUT2D eigenvalue weighted by atomic mass is 9.83.